The number of ether oxygens (including phenoxy) is 1. The zero-order valence-corrected chi connectivity index (χ0v) is 35.2. The van der Waals surface area contributed by atoms with Crippen molar-refractivity contribution < 1.29 is 28.7 Å². The topological polar surface area (TPSA) is 182 Å². The van der Waals surface area contributed by atoms with Crippen LogP contribution >= 0.6 is 11.6 Å². The predicted molar refractivity (Wildman–Crippen MR) is 225 cm³/mol. The first-order valence-electron chi connectivity index (χ1n) is 20.8. The number of nitrogens with zero attached hydrogens (tertiary/aromatic N) is 6. The number of anilines is 2. The molecule has 1 aliphatic carbocycles. The van der Waals surface area contributed by atoms with E-state index in [1.54, 1.807) is 30.3 Å². The van der Waals surface area contributed by atoms with Crippen molar-refractivity contribution in [2.75, 3.05) is 42.5 Å². The van der Waals surface area contributed by atoms with Crippen LogP contribution in [0.3, 0.4) is 0 Å². The van der Waals surface area contributed by atoms with E-state index in [9.17, 15) is 29.2 Å². The average molecular weight is 835 g/mol. The molecule has 314 valence electrons. The lowest BCUT2D eigenvalue weighted by atomic mass is 9.48. The van der Waals surface area contributed by atoms with Crippen LogP contribution in [0.2, 0.25) is 5.02 Å². The zero-order chi connectivity index (χ0) is 42.7. The number of carbonyl (C=O) groups is 5. The van der Waals surface area contributed by atoms with Crippen LogP contribution < -0.4 is 25.6 Å². The van der Waals surface area contributed by atoms with E-state index in [4.69, 9.17) is 22.1 Å². The van der Waals surface area contributed by atoms with Gasteiger partial charge in [-0.3, -0.25) is 39.1 Å². The first-order valence-corrected chi connectivity index (χ1v) is 21.2. The maximum absolute atomic E-state index is 13.8. The van der Waals surface area contributed by atoms with Crippen LogP contribution in [0.25, 0.3) is 0 Å². The molecule has 15 heteroatoms. The van der Waals surface area contributed by atoms with Crippen molar-refractivity contribution in [2.24, 2.45) is 22.5 Å². The first kappa shape index (κ1) is 41.2. The Morgan fingerprint density at radius 1 is 0.950 bits per heavy atom. The minimum absolute atomic E-state index is 0.0640. The molecule has 8 rings (SSSR count). The third-order valence-electron chi connectivity index (χ3n) is 13.5. The Labute approximate surface area is 355 Å². The lowest BCUT2D eigenvalue weighted by Gasteiger charge is -2.68. The van der Waals surface area contributed by atoms with Crippen LogP contribution in [-0.4, -0.2) is 101 Å². The van der Waals surface area contributed by atoms with Crippen LogP contribution in [0.5, 0.6) is 5.75 Å². The molecule has 3 saturated heterocycles. The zero-order valence-electron chi connectivity index (χ0n) is 34.4. The van der Waals surface area contributed by atoms with E-state index in [-0.39, 0.29) is 53.0 Å². The van der Waals surface area contributed by atoms with E-state index in [1.807, 2.05) is 18.2 Å². The lowest BCUT2D eigenvalue weighted by molar-refractivity contribution is -0.220. The summed E-state index contributed by atoms with van der Waals surface area (Å²) in [6, 6.07) is 15.6. The van der Waals surface area contributed by atoms with Crippen LogP contribution in [0.1, 0.15) is 103 Å². The second-order valence-corrected chi connectivity index (χ2v) is 18.5. The van der Waals surface area contributed by atoms with Crippen LogP contribution in [0.15, 0.2) is 54.7 Å². The maximum atomic E-state index is 13.8. The molecule has 4 fully saturated rings. The van der Waals surface area contributed by atoms with Crippen molar-refractivity contribution in [3.05, 3.63) is 82.0 Å². The highest BCUT2D eigenvalue weighted by atomic mass is 35.5. The van der Waals surface area contributed by atoms with Gasteiger partial charge in [-0.1, -0.05) is 39.3 Å². The van der Waals surface area contributed by atoms with Gasteiger partial charge in [-0.15, -0.1) is 0 Å². The smallest absolute Gasteiger partial charge is 0.262 e. The number of amides is 5. The van der Waals surface area contributed by atoms with Crippen LogP contribution in [0, 0.1) is 28.1 Å². The van der Waals surface area contributed by atoms with E-state index in [2.05, 4.69) is 58.8 Å². The van der Waals surface area contributed by atoms with E-state index >= 15 is 0 Å². The summed E-state index contributed by atoms with van der Waals surface area (Å²) in [7, 11) is 0. The second kappa shape index (κ2) is 15.8. The predicted octanol–water partition coefficient (Wildman–Crippen LogP) is 5.18. The number of nitriles is 1. The normalized spacial score (nSPS) is 25.1. The van der Waals surface area contributed by atoms with Gasteiger partial charge in [0.1, 0.15) is 29.8 Å². The summed E-state index contributed by atoms with van der Waals surface area (Å²) in [5.74, 6) is -0.698. The number of benzene rings is 2. The van der Waals surface area contributed by atoms with Crippen molar-refractivity contribution in [3.63, 3.8) is 0 Å². The number of aromatic nitrogens is 1. The lowest BCUT2D eigenvalue weighted by Crippen LogP contribution is -2.76. The Balaban J connectivity index is 1.04. The summed E-state index contributed by atoms with van der Waals surface area (Å²) in [6.45, 7) is 13.1. The van der Waals surface area contributed by atoms with Gasteiger partial charge in [0.15, 0.2) is 0 Å². The fourth-order valence-corrected chi connectivity index (χ4v) is 11.2. The summed E-state index contributed by atoms with van der Waals surface area (Å²) in [4.78, 5) is 76.2. The van der Waals surface area contributed by atoms with Gasteiger partial charge in [0.25, 0.3) is 11.8 Å². The molecule has 1 aromatic heterocycles. The molecule has 2 aromatic carbocycles. The minimum atomic E-state index is -1.02. The number of pyridine rings is 1. The molecule has 0 spiro atoms. The highest BCUT2D eigenvalue weighted by Gasteiger charge is 2.66. The van der Waals surface area contributed by atoms with E-state index in [0.29, 0.717) is 34.4 Å². The molecule has 2 atom stereocenters. The summed E-state index contributed by atoms with van der Waals surface area (Å²) in [5.41, 5.74) is 7.06. The van der Waals surface area contributed by atoms with E-state index < -0.39 is 35.6 Å². The van der Waals surface area contributed by atoms with Crippen molar-refractivity contribution in [3.8, 4) is 11.8 Å². The number of primary amides is 1. The molecule has 4 aliphatic heterocycles. The Morgan fingerprint density at radius 2 is 1.68 bits per heavy atom. The number of hydrogen-bond acceptors (Lipinski definition) is 11. The second-order valence-electron chi connectivity index (χ2n) is 18.1. The van der Waals surface area contributed by atoms with Crippen LogP contribution in [0.4, 0.5) is 11.5 Å². The number of imide groups is 2. The molecule has 60 heavy (non-hydrogen) atoms. The molecule has 0 bridgehead atoms. The SMILES string of the molecule is CC1(C)C(Oc2ccc(C#N)c(Cl)c2)C(C)(C)C1N(CC1CCN(c2ccc(C(N)=O)cn2)CC1)[C@H]1CCCN(c2ccc3c(c2)C(=O)N([C@H]2CCC(=O)NC2=O)C3=O)C1. The van der Waals surface area contributed by atoms with Gasteiger partial charge in [-0.05, 0) is 80.5 Å². The third-order valence-corrected chi connectivity index (χ3v) is 13.8. The number of fused-ring (bicyclic) bond motifs is 1. The number of piperidine rings is 3. The molecule has 0 unspecified atom stereocenters. The molecular weight excluding hydrogens is 784 g/mol. The Bertz CT molecular complexity index is 2270. The summed E-state index contributed by atoms with van der Waals surface area (Å²) in [6.07, 6.45) is 5.40. The molecule has 1 saturated carbocycles. The number of nitrogens with one attached hydrogen (secondary N) is 1. The quantitative estimate of drug-likeness (QED) is 0.257. The average Bonchev–Trinajstić information content (AvgIpc) is 3.47. The molecule has 3 N–H and O–H groups in total. The highest BCUT2D eigenvalue weighted by molar-refractivity contribution is 6.31. The Kier molecular flexibility index (Phi) is 10.9. The van der Waals surface area contributed by atoms with Gasteiger partial charge in [-0.25, -0.2) is 4.98 Å². The fraction of sp³-hybridized carbons (Fsp3) is 0.489. The summed E-state index contributed by atoms with van der Waals surface area (Å²) in [5, 5.41) is 12.1. The first-order chi connectivity index (χ1) is 28.6. The maximum Gasteiger partial charge on any atom is 0.262 e. The summed E-state index contributed by atoms with van der Waals surface area (Å²) < 4.78 is 6.74. The van der Waals surface area contributed by atoms with Crippen molar-refractivity contribution >= 4 is 52.6 Å². The third kappa shape index (κ3) is 7.36. The molecule has 5 heterocycles. The van der Waals surface area contributed by atoms with Gasteiger partial charge in [0.2, 0.25) is 17.7 Å². The summed E-state index contributed by atoms with van der Waals surface area (Å²) >= 11 is 6.43. The number of hydrogen-bond donors (Lipinski definition) is 2. The number of rotatable bonds is 10. The Hall–Kier alpha value is -5.52. The largest absolute Gasteiger partial charge is 0.489 e. The van der Waals surface area contributed by atoms with E-state index in [0.717, 1.165) is 68.3 Å². The molecular formula is C45H51ClN8O6. The minimum Gasteiger partial charge on any atom is -0.489 e. The van der Waals surface area contributed by atoms with Crippen LogP contribution in [-0.2, 0) is 9.59 Å². The molecule has 0 radical (unpaired) electrons. The number of carbonyl (C=O) groups excluding carboxylic acids is 5. The standard InChI is InChI=1S/C45H51ClN8O6/c1-44(2)42(45(3,4)43(44)60-31-10-7-27(22-47)34(46)21-31)53(24-26-15-18-51(19-16-26)36-13-8-28(23-49-36)38(48)56)30-6-5-17-52(25-30)29-9-11-32-33(20-29)41(59)54(40(32)58)35-12-14-37(55)50-39(35)57/h7-11,13,20-21,23,26,30,35,42-43H,5-6,12,14-19,24-25H2,1-4H3,(H2,48,56)(H,50,55,57)/t30-,35-,42?,43?/m0/s1. The molecule has 3 aromatic rings. The molecule has 5 aliphatic rings. The van der Waals surface area contributed by atoms with E-state index in [1.165, 1.54) is 6.20 Å². The Morgan fingerprint density at radius 3 is 2.33 bits per heavy atom. The van der Waals surface area contributed by atoms with Gasteiger partial charge >= 0.3 is 0 Å². The van der Waals surface area contributed by atoms with Gasteiger partial charge in [0, 0.05) is 80.0 Å². The van der Waals surface area contributed by atoms with Crippen molar-refractivity contribution in [1.82, 2.24) is 20.1 Å². The fourth-order valence-electron chi connectivity index (χ4n) is 11.0. The van der Waals surface area contributed by atoms with Crippen molar-refractivity contribution in [1.29, 1.82) is 5.26 Å². The monoisotopic (exact) mass is 834 g/mol. The van der Waals surface area contributed by atoms with Gasteiger partial charge < -0.3 is 20.3 Å². The highest BCUT2D eigenvalue weighted by Crippen LogP contribution is 2.59. The number of halogens is 1. The van der Waals surface area contributed by atoms with Crippen molar-refractivity contribution in [2.45, 2.75) is 90.4 Å². The van der Waals surface area contributed by atoms with Gasteiger partial charge in [0.05, 0.1) is 27.3 Å². The molecule has 14 nitrogen and oxygen atoms in total. The molecule has 5 amide bonds. The van der Waals surface area contributed by atoms with Gasteiger partial charge in [-0.2, -0.15) is 5.26 Å². The number of nitrogens with two attached hydrogens (primary N) is 1.